The number of carbonyl (C=O) groups excluding carboxylic acids is 1. The molecular formula is C14H18N4OS. The normalized spacial score (nSPS) is 10.5. The molecule has 106 valence electrons. The number of amides is 1. The maximum absolute atomic E-state index is 12.1. The number of nitrogen functional groups attached to an aromatic ring is 1. The summed E-state index contributed by atoms with van der Waals surface area (Å²) in [6.07, 6.45) is 4.36. The number of nitrogens with two attached hydrogens (primary N) is 1. The van der Waals surface area contributed by atoms with Gasteiger partial charge in [-0.15, -0.1) is 11.8 Å². The lowest BCUT2D eigenvalue weighted by Crippen LogP contribution is -2.13. The van der Waals surface area contributed by atoms with Crippen LogP contribution >= 0.6 is 11.8 Å². The molecule has 2 rings (SSSR count). The van der Waals surface area contributed by atoms with E-state index in [4.69, 9.17) is 5.73 Å². The van der Waals surface area contributed by atoms with Crippen LogP contribution in [0.3, 0.4) is 0 Å². The van der Waals surface area contributed by atoms with Crippen LogP contribution in [0.5, 0.6) is 0 Å². The number of rotatable bonds is 5. The van der Waals surface area contributed by atoms with E-state index in [1.165, 1.54) is 0 Å². The zero-order valence-corrected chi connectivity index (χ0v) is 12.4. The molecule has 0 bridgehead atoms. The maximum Gasteiger partial charge on any atom is 0.275 e. The molecule has 0 unspecified atom stereocenters. The smallest absolute Gasteiger partial charge is 0.275 e. The molecule has 1 amide bonds. The fourth-order valence-electron chi connectivity index (χ4n) is 1.67. The monoisotopic (exact) mass is 290 g/mol. The molecule has 2 aromatic rings. The van der Waals surface area contributed by atoms with E-state index < -0.39 is 0 Å². The molecule has 0 aliphatic rings. The molecule has 6 heteroatoms. The summed E-state index contributed by atoms with van der Waals surface area (Å²) in [4.78, 5) is 17.2. The molecule has 0 radical (unpaired) electrons. The Bertz CT molecular complexity index is 609. The number of hydrogen-bond acceptors (Lipinski definition) is 4. The van der Waals surface area contributed by atoms with Gasteiger partial charge in [0.05, 0.1) is 17.7 Å². The fraction of sp³-hybridized carbons (Fsp3) is 0.286. The zero-order valence-electron chi connectivity index (χ0n) is 11.6. The summed E-state index contributed by atoms with van der Waals surface area (Å²) >= 11 is 1.74. The molecule has 0 saturated carbocycles. The minimum Gasteiger partial charge on any atom is -0.397 e. The van der Waals surface area contributed by atoms with Crippen molar-refractivity contribution in [1.29, 1.82) is 0 Å². The molecule has 3 N–H and O–H groups in total. The van der Waals surface area contributed by atoms with E-state index in [1.54, 1.807) is 28.9 Å². The minimum absolute atomic E-state index is 0.255. The number of imidazole rings is 1. The van der Waals surface area contributed by atoms with Gasteiger partial charge in [0.25, 0.3) is 5.91 Å². The van der Waals surface area contributed by atoms with Crippen LogP contribution in [0.25, 0.3) is 0 Å². The Labute approximate surface area is 122 Å². The van der Waals surface area contributed by atoms with Crippen LogP contribution < -0.4 is 11.1 Å². The third kappa shape index (κ3) is 3.54. The highest BCUT2D eigenvalue weighted by molar-refractivity contribution is 7.99. The van der Waals surface area contributed by atoms with Gasteiger partial charge in [0.1, 0.15) is 5.69 Å². The highest BCUT2D eigenvalue weighted by Gasteiger charge is 2.11. The number of thioether (sulfide) groups is 1. The zero-order chi connectivity index (χ0) is 14.5. The summed E-state index contributed by atoms with van der Waals surface area (Å²) in [5, 5.41) is 2.80. The molecule has 1 heterocycles. The molecule has 1 aromatic heterocycles. The van der Waals surface area contributed by atoms with E-state index in [0.717, 1.165) is 17.1 Å². The fourth-order valence-corrected chi connectivity index (χ4v) is 2.48. The molecule has 20 heavy (non-hydrogen) atoms. The van der Waals surface area contributed by atoms with Crippen molar-refractivity contribution in [3.8, 4) is 0 Å². The van der Waals surface area contributed by atoms with Crippen LogP contribution in [0.15, 0.2) is 35.6 Å². The lowest BCUT2D eigenvalue weighted by atomic mass is 10.2. The second-order valence-electron chi connectivity index (χ2n) is 4.48. The summed E-state index contributed by atoms with van der Waals surface area (Å²) in [7, 11) is 1.82. The molecule has 0 atom stereocenters. The predicted octanol–water partition coefficient (Wildman–Crippen LogP) is 2.76. The Hall–Kier alpha value is -1.95. The number of hydrogen-bond donors (Lipinski definition) is 2. The molecule has 1 aromatic carbocycles. The van der Waals surface area contributed by atoms with Crippen LogP contribution in [-0.2, 0) is 7.05 Å². The van der Waals surface area contributed by atoms with E-state index in [9.17, 15) is 4.79 Å². The standard InChI is InChI=1S/C14H18N4OS/c1-3-6-20-10-4-5-11(15)12(7-10)17-14(19)13-8-18(2)9-16-13/h4-5,7-9H,3,6,15H2,1-2H3,(H,17,19). The summed E-state index contributed by atoms with van der Waals surface area (Å²) in [5.74, 6) is 0.785. The van der Waals surface area contributed by atoms with Crippen LogP contribution in [0, 0.1) is 0 Å². The first-order valence-electron chi connectivity index (χ1n) is 6.41. The van der Waals surface area contributed by atoms with E-state index in [2.05, 4.69) is 17.2 Å². The summed E-state index contributed by atoms with van der Waals surface area (Å²) < 4.78 is 1.73. The molecule has 5 nitrogen and oxygen atoms in total. The van der Waals surface area contributed by atoms with Gasteiger partial charge < -0.3 is 15.6 Å². The molecule has 0 fully saturated rings. The Morgan fingerprint density at radius 3 is 2.95 bits per heavy atom. The van der Waals surface area contributed by atoms with Crippen LogP contribution in [0.2, 0.25) is 0 Å². The summed E-state index contributed by atoms with van der Waals surface area (Å²) in [6.45, 7) is 2.13. The lowest BCUT2D eigenvalue weighted by Gasteiger charge is -2.09. The van der Waals surface area contributed by atoms with Crippen molar-refractivity contribution in [3.05, 3.63) is 36.4 Å². The average molecular weight is 290 g/mol. The number of nitrogens with one attached hydrogen (secondary N) is 1. The van der Waals surface area contributed by atoms with E-state index in [1.807, 2.05) is 25.2 Å². The topological polar surface area (TPSA) is 72.9 Å². The van der Waals surface area contributed by atoms with Gasteiger partial charge in [0, 0.05) is 18.1 Å². The van der Waals surface area contributed by atoms with Crippen molar-refractivity contribution >= 4 is 29.0 Å². The van der Waals surface area contributed by atoms with E-state index in [-0.39, 0.29) is 5.91 Å². The second-order valence-corrected chi connectivity index (χ2v) is 5.64. The molecular weight excluding hydrogens is 272 g/mol. The van der Waals surface area contributed by atoms with Gasteiger partial charge in [-0.1, -0.05) is 6.92 Å². The van der Waals surface area contributed by atoms with Gasteiger partial charge in [0.15, 0.2) is 0 Å². The highest BCUT2D eigenvalue weighted by atomic mass is 32.2. The van der Waals surface area contributed by atoms with Crippen molar-refractivity contribution in [2.75, 3.05) is 16.8 Å². The first kappa shape index (κ1) is 14.5. The van der Waals surface area contributed by atoms with Gasteiger partial charge in [0.2, 0.25) is 0 Å². The average Bonchev–Trinajstić information content (AvgIpc) is 2.86. The number of benzene rings is 1. The quantitative estimate of drug-likeness (QED) is 0.656. The summed E-state index contributed by atoms with van der Waals surface area (Å²) in [6, 6.07) is 5.68. The Morgan fingerprint density at radius 2 is 2.30 bits per heavy atom. The first-order chi connectivity index (χ1) is 9.60. The van der Waals surface area contributed by atoms with Gasteiger partial charge in [-0.2, -0.15) is 0 Å². The highest BCUT2D eigenvalue weighted by Crippen LogP contribution is 2.27. The Balaban J connectivity index is 2.13. The second kappa shape index (κ2) is 6.47. The molecule has 0 aliphatic carbocycles. The van der Waals surface area contributed by atoms with Crippen molar-refractivity contribution in [1.82, 2.24) is 9.55 Å². The Kier molecular flexibility index (Phi) is 4.68. The van der Waals surface area contributed by atoms with Crippen molar-refractivity contribution in [2.45, 2.75) is 18.2 Å². The van der Waals surface area contributed by atoms with Gasteiger partial charge in [-0.25, -0.2) is 4.98 Å². The Morgan fingerprint density at radius 1 is 1.50 bits per heavy atom. The number of anilines is 2. The van der Waals surface area contributed by atoms with Crippen molar-refractivity contribution in [3.63, 3.8) is 0 Å². The van der Waals surface area contributed by atoms with Crippen molar-refractivity contribution in [2.24, 2.45) is 7.05 Å². The molecule has 0 saturated heterocycles. The van der Waals surface area contributed by atoms with Crippen LogP contribution in [-0.4, -0.2) is 21.2 Å². The maximum atomic E-state index is 12.1. The van der Waals surface area contributed by atoms with Gasteiger partial charge >= 0.3 is 0 Å². The predicted molar refractivity (Wildman–Crippen MR) is 83.0 cm³/mol. The molecule has 0 aliphatic heterocycles. The van der Waals surface area contributed by atoms with Gasteiger partial charge in [-0.05, 0) is 30.4 Å². The number of aromatic nitrogens is 2. The van der Waals surface area contributed by atoms with E-state index >= 15 is 0 Å². The third-order valence-electron chi connectivity index (χ3n) is 2.68. The largest absolute Gasteiger partial charge is 0.397 e. The third-order valence-corrected chi connectivity index (χ3v) is 3.88. The minimum atomic E-state index is -0.255. The molecule has 0 spiro atoms. The van der Waals surface area contributed by atoms with Crippen molar-refractivity contribution < 1.29 is 4.79 Å². The number of carbonyl (C=O) groups is 1. The number of aryl methyl sites for hydroxylation is 1. The van der Waals surface area contributed by atoms with Crippen LogP contribution in [0.1, 0.15) is 23.8 Å². The van der Waals surface area contributed by atoms with E-state index in [0.29, 0.717) is 17.1 Å². The summed E-state index contributed by atoms with van der Waals surface area (Å²) in [5.41, 5.74) is 7.45. The number of nitrogens with zero attached hydrogens (tertiary/aromatic N) is 2. The first-order valence-corrected chi connectivity index (χ1v) is 7.40. The van der Waals surface area contributed by atoms with Crippen LogP contribution in [0.4, 0.5) is 11.4 Å². The van der Waals surface area contributed by atoms with Gasteiger partial charge in [-0.3, -0.25) is 4.79 Å². The SMILES string of the molecule is CCCSc1ccc(N)c(NC(=O)c2cn(C)cn2)c1. The lowest BCUT2D eigenvalue weighted by molar-refractivity contribution is 0.102.